The highest BCUT2D eigenvalue weighted by atomic mass is 16.4. The molecule has 1 unspecified atom stereocenters. The van der Waals surface area contributed by atoms with Crippen LogP contribution in [-0.4, -0.2) is 33.2 Å². The summed E-state index contributed by atoms with van der Waals surface area (Å²) in [7, 11) is 0. The standard InChI is InChI=1S/C22H29NO3/c1-16(2)23(17(3)4)22(26,20-11-6-5-7-12-20)14-13-18-9-8-10-19(15-18)21(24)25/h5-12,15-17,26H,13-14H2,1-4H3,(H,24,25). The number of aliphatic hydroxyl groups is 1. The van der Waals surface area contributed by atoms with Gasteiger partial charge in [-0.3, -0.25) is 4.90 Å². The van der Waals surface area contributed by atoms with Gasteiger partial charge in [0.05, 0.1) is 5.56 Å². The third-order valence-electron chi connectivity index (χ3n) is 4.71. The Balaban J connectivity index is 2.36. The fourth-order valence-electron chi connectivity index (χ4n) is 3.76. The predicted molar refractivity (Wildman–Crippen MR) is 104 cm³/mol. The molecule has 4 nitrogen and oxygen atoms in total. The van der Waals surface area contributed by atoms with Crippen LogP contribution in [0.25, 0.3) is 0 Å². The number of aromatic carboxylic acids is 1. The molecule has 0 bridgehead atoms. The van der Waals surface area contributed by atoms with Crippen molar-refractivity contribution >= 4 is 5.97 Å². The molecule has 0 saturated carbocycles. The maximum atomic E-state index is 11.7. The Morgan fingerprint density at radius 3 is 2.15 bits per heavy atom. The van der Waals surface area contributed by atoms with E-state index in [9.17, 15) is 15.0 Å². The Hall–Kier alpha value is -2.17. The number of carbonyl (C=O) groups is 1. The lowest BCUT2D eigenvalue weighted by molar-refractivity contribution is -0.151. The van der Waals surface area contributed by atoms with Crippen molar-refractivity contribution < 1.29 is 15.0 Å². The summed E-state index contributed by atoms with van der Waals surface area (Å²) in [6.07, 6.45) is 1.07. The van der Waals surface area contributed by atoms with Gasteiger partial charge in [0.1, 0.15) is 5.72 Å². The molecule has 0 spiro atoms. The van der Waals surface area contributed by atoms with E-state index in [0.29, 0.717) is 12.8 Å². The zero-order valence-electron chi connectivity index (χ0n) is 16.0. The van der Waals surface area contributed by atoms with Gasteiger partial charge in [0.15, 0.2) is 0 Å². The fraction of sp³-hybridized carbons (Fsp3) is 0.409. The van der Waals surface area contributed by atoms with Crippen molar-refractivity contribution in [3.05, 3.63) is 71.3 Å². The van der Waals surface area contributed by atoms with Gasteiger partial charge >= 0.3 is 5.97 Å². The fourth-order valence-corrected chi connectivity index (χ4v) is 3.76. The highest BCUT2D eigenvalue weighted by molar-refractivity contribution is 5.87. The summed E-state index contributed by atoms with van der Waals surface area (Å²) in [5, 5.41) is 20.9. The molecule has 1 atom stereocenters. The van der Waals surface area contributed by atoms with Crippen LogP contribution in [0.2, 0.25) is 0 Å². The van der Waals surface area contributed by atoms with E-state index >= 15 is 0 Å². The quantitative estimate of drug-likeness (QED) is 0.694. The number of rotatable bonds is 8. The number of hydrogen-bond acceptors (Lipinski definition) is 3. The zero-order chi connectivity index (χ0) is 19.3. The molecule has 0 aromatic heterocycles. The molecule has 0 radical (unpaired) electrons. The first-order valence-corrected chi connectivity index (χ1v) is 9.14. The second kappa shape index (κ2) is 8.47. The first-order valence-electron chi connectivity index (χ1n) is 9.14. The first-order chi connectivity index (χ1) is 12.3. The van der Waals surface area contributed by atoms with Gasteiger partial charge in [0.25, 0.3) is 0 Å². The largest absolute Gasteiger partial charge is 0.478 e. The van der Waals surface area contributed by atoms with Crippen molar-refractivity contribution in [1.29, 1.82) is 0 Å². The summed E-state index contributed by atoms with van der Waals surface area (Å²) in [5.74, 6) is -0.934. The Labute approximate surface area is 156 Å². The van der Waals surface area contributed by atoms with Crippen molar-refractivity contribution in [3.8, 4) is 0 Å². The molecule has 2 N–H and O–H groups in total. The van der Waals surface area contributed by atoms with E-state index in [0.717, 1.165) is 11.1 Å². The lowest BCUT2D eigenvalue weighted by Crippen LogP contribution is -2.53. The maximum absolute atomic E-state index is 11.7. The van der Waals surface area contributed by atoms with Gasteiger partial charge in [0, 0.05) is 12.1 Å². The summed E-state index contributed by atoms with van der Waals surface area (Å²) >= 11 is 0. The molecule has 0 heterocycles. The molecule has 0 aliphatic carbocycles. The number of aryl methyl sites for hydroxylation is 1. The summed E-state index contributed by atoms with van der Waals surface area (Å²) in [6.45, 7) is 8.33. The van der Waals surface area contributed by atoms with Gasteiger partial charge in [-0.1, -0.05) is 42.5 Å². The second-order valence-electron chi connectivity index (χ2n) is 7.28. The molecular weight excluding hydrogens is 326 g/mol. The minimum absolute atomic E-state index is 0.158. The third-order valence-corrected chi connectivity index (χ3v) is 4.71. The first kappa shape index (κ1) is 20.1. The van der Waals surface area contributed by atoms with Crippen molar-refractivity contribution in [1.82, 2.24) is 4.90 Å². The van der Waals surface area contributed by atoms with Gasteiger partial charge in [-0.25, -0.2) is 4.79 Å². The molecule has 0 aliphatic rings. The minimum Gasteiger partial charge on any atom is -0.478 e. The van der Waals surface area contributed by atoms with Gasteiger partial charge < -0.3 is 10.2 Å². The molecule has 2 rings (SSSR count). The molecule has 0 fully saturated rings. The average Bonchev–Trinajstić information content (AvgIpc) is 2.60. The second-order valence-corrected chi connectivity index (χ2v) is 7.28. The predicted octanol–water partition coefficient (Wildman–Crippen LogP) is 4.28. The molecule has 0 saturated heterocycles. The Morgan fingerprint density at radius 2 is 1.62 bits per heavy atom. The van der Waals surface area contributed by atoms with Crippen molar-refractivity contribution in [2.45, 2.75) is 58.3 Å². The van der Waals surface area contributed by atoms with E-state index in [-0.39, 0.29) is 17.6 Å². The molecule has 2 aromatic rings. The van der Waals surface area contributed by atoms with E-state index in [1.54, 1.807) is 18.2 Å². The van der Waals surface area contributed by atoms with E-state index in [1.807, 2.05) is 36.4 Å². The summed E-state index contributed by atoms with van der Waals surface area (Å²) in [6, 6.07) is 17.0. The van der Waals surface area contributed by atoms with Crippen LogP contribution in [0, 0.1) is 0 Å². The molecule has 2 aromatic carbocycles. The zero-order valence-corrected chi connectivity index (χ0v) is 16.0. The van der Waals surface area contributed by atoms with Crippen LogP contribution in [-0.2, 0) is 12.1 Å². The molecule has 26 heavy (non-hydrogen) atoms. The summed E-state index contributed by atoms with van der Waals surface area (Å²) in [5.41, 5.74) is 0.918. The van der Waals surface area contributed by atoms with E-state index < -0.39 is 11.7 Å². The minimum atomic E-state index is -1.12. The van der Waals surface area contributed by atoms with Crippen LogP contribution in [0.15, 0.2) is 54.6 Å². The maximum Gasteiger partial charge on any atom is 0.335 e. The van der Waals surface area contributed by atoms with Crippen molar-refractivity contribution in [2.24, 2.45) is 0 Å². The van der Waals surface area contributed by atoms with Crippen LogP contribution >= 0.6 is 0 Å². The number of carboxylic acid groups (broad SMARTS) is 1. The third kappa shape index (κ3) is 4.51. The molecule has 4 heteroatoms. The highest BCUT2D eigenvalue weighted by Crippen LogP contribution is 2.34. The molecule has 0 aliphatic heterocycles. The van der Waals surface area contributed by atoms with Crippen LogP contribution in [0.1, 0.15) is 55.6 Å². The Kier molecular flexibility index (Phi) is 6.57. The highest BCUT2D eigenvalue weighted by Gasteiger charge is 2.39. The molecule has 0 amide bonds. The van der Waals surface area contributed by atoms with Crippen molar-refractivity contribution in [2.75, 3.05) is 0 Å². The summed E-state index contributed by atoms with van der Waals surface area (Å²) < 4.78 is 0. The van der Waals surface area contributed by atoms with E-state index in [1.165, 1.54) is 0 Å². The van der Waals surface area contributed by atoms with Crippen LogP contribution < -0.4 is 0 Å². The summed E-state index contributed by atoms with van der Waals surface area (Å²) in [4.78, 5) is 13.3. The number of carboxylic acids is 1. The van der Waals surface area contributed by atoms with Gasteiger partial charge in [0.2, 0.25) is 0 Å². The molecular formula is C22H29NO3. The topological polar surface area (TPSA) is 60.8 Å². The van der Waals surface area contributed by atoms with Crippen LogP contribution in [0.4, 0.5) is 0 Å². The van der Waals surface area contributed by atoms with Crippen molar-refractivity contribution in [3.63, 3.8) is 0 Å². The van der Waals surface area contributed by atoms with E-state index in [4.69, 9.17) is 0 Å². The average molecular weight is 355 g/mol. The van der Waals surface area contributed by atoms with Crippen LogP contribution in [0.5, 0.6) is 0 Å². The number of nitrogens with zero attached hydrogens (tertiary/aromatic N) is 1. The Morgan fingerprint density at radius 1 is 1.00 bits per heavy atom. The van der Waals surface area contributed by atoms with Crippen LogP contribution in [0.3, 0.4) is 0 Å². The Bertz CT molecular complexity index is 719. The number of hydrogen-bond donors (Lipinski definition) is 2. The lowest BCUT2D eigenvalue weighted by Gasteiger charge is -2.45. The number of benzene rings is 2. The van der Waals surface area contributed by atoms with E-state index in [2.05, 4.69) is 32.6 Å². The normalized spacial score (nSPS) is 14.0. The lowest BCUT2D eigenvalue weighted by atomic mass is 9.91. The van der Waals surface area contributed by atoms with Gasteiger partial charge in [-0.15, -0.1) is 0 Å². The smallest absolute Gasteiger partial charge is 0.335 e. The monoisotopic (exact) mass is 355 g/mol. The SMILES string of the molecule is CC(C)N(C(C)C)C(O)(CCc1cccc(C(=O)O)c1)c1ccccc1. The van der Waals surface area contributed by atoms with Gasteiger partial charge in [-0.05, 0) is 63.8 Å². The molecule has 140 valence electrons. The van der Waals surface area contributed by atoms with Gasteiger partial charge in [-0.2, -0.15) is 0 Å².